The number of nitrogens with two attached hydrogens (primary N) is 1. The Kier molecular flexibility index (Phi) is 3.37. The molecular formula is C13H15N3O. The molecule has 4 N–H and O–H groups in total. The van der Waals surface area contributed by atoms with E-state index in [0.29, 0.717) is 0 Å². The largest absolute Gasteiger partial charge is 0.316 e. The first kappa shape index (κ1) is 11.6. The number of carbonyl (C=O) groups is 1. The number of hydrazine groups is 1. The van der Waals surface area contributed by atoms with Gasteiger partial charge in [-0.2, -0.15) is 0 Å². The van der Waals surface area contributed by atoms with E-state index >= 15 is 0 Å². The molecule has 2 aromatic carbocycles. The summed E-state index contributed by atoms with van der Waals surface area (Å²) < 4.78 is 0. The zero-order chi connectivity index (χ0) is 12.3. The average Bonchev–Trinajstić information content (AvgIpc) is 2.37. The van der Waals surface area contributed by atoms with E-state index < -0.39 is 6.04 Å². The second-order valence-electron chi connectivity index (χ2n) is 3.79. The maximum atomic E-state index is 11.7. The first-order valence-corrected chi connectivity index (χ1v) is 5.44. The lowest BCUT2D eigenvalue weighted by molar-refractivity contribution is -0.123. The van der Waals surface area contributed by atoms with Gasteiger partial charge in [0.05, 0.1) is 0 Å². The fourth-order valence-corrected chi connectivity index (χ4v) is 1.86. The van der Waals surface area contributed by atoms with Crippen LogP contribution in [0.5, 0.6) is 0 Å². The van der Waals surface area contributed by atoms with Crippen molar-refractivity contribution in [2.75, 3.05) is 7.05 Å². The van der Waals surface area contributed by atoms with Crippen molar-refractivity contribution in [3.8, 4) is 0 Å². The molecular weight excluding hydrogens is 214 g/mol. The predicted octanol–water partition coefficient (Wildman–Crippen LogP) is 1.09. The van der Waals surface area contributed by atoms with Crippen LogP contribution in [-0.4, -0.2) is 13.0 Å². The van der Waals surface area contributed by atoms with Gasteiger partial charge in [0.25, 0.3) is 5.91 Å². The van der Waals surface area contributed by atoms with Crippen molar-refractivity contribution < 1.29 is 4.79 Å². The van der Waals surface area contributed by atoms with Crippen molar-refractivity contribution >= 4 is 16.7 Å². The number of amides is 1. The van der Waals surface area contributed by atoms with Gasteiger partial charge in [0.1, 0.15) is 6.04 Å². The number of hydrogen-bond acceptors (Lipinski definition) is 3. The molecule has 4 heteroatoms. The van der Waals surface area contributed by atoms with Crippen molar-refractivity contribution in [1.29, 1.82) is 0 Å². The van der Waals surface area contributed by atoms with Gasteiger partial charge >= 0.3 is 0 Å². The van der Waals surface area contributed by atoms with E-state index in [-0.39, 0.29) is 5.91 Å². The van der Waals surface area contributed by atoms with Gasteiger partial charge in [-0.15, -0.1) is 0 Å². The zero-order valence-electron chi connectivity index (χ0n) is 9.60. The maximum absolute atomic E-state index is 11.7. The lowest BCUT2D eigenvalue weighted by atomic mass is 9.99. The fourth-order valence-electron chi connectivity index (χ4n) is 1.86. The van der Waals surface area contributed by atoms with E-state index in [1.165, 1.54) is 0 Å². The molecule has 0 aromatic heterocycles. The van der Waals surface area contributed by atoms with E-state index in [0.717, 1.165) is 16.3 Å². The van der Waals surface area contributed by atoms with Crippen LogP contribution in [0.25, 0.3) is 10.8 Å². The quantitative estimate of drug-likeness (QED) is 0.690. The molecule has 17 heavy (non-hydrogen) atoms. The van der Waals surface area contributed by atoms with Gasteiger partial charge in [-0.05, 0) is 16.3 Å². The maximum Gasteiger partial charge on any atom is 0.255 e. The first-order valence-electron chi connectivity index (χ1n) is 5.44. The molecule has 1 unspecified atom stereocenters. The van der Waals surface area contributed by atoms with Crippen LogP contribution in [0.3, 0.4) is 0 Å². The van der Waals surface area contributed by atoms with Crippen molar-refractivity contribution in [3.63, 3.8) is 0 Å². The van der Waals surface area contributed by atoms with Gasteiger partial charge in [-0.1, -0.05) is 42.5 Å². The molecule has 0 spiro atoms. The third-order valence-corrected chi connectivity index (χ3v) is 2.69. The number of carbonyl (C=O) groups excluding carboxylic acids is 1. The van der Waals surface area contributed by atoms with E-state index in [1.807, 2.05) is 42.5 Å². The Bertz CT molecular complexity index is 534. The van der Waals surface area contributed by atoms with Gasteiger partial charge in [0.2, 0.25) is 0 Å². The van der Waals surface area contributed by atoms with Crippen LogP contribution in [0.2, 0.25) is 0 Å². The number of fused-ring (bicyclic) bond motifs is 1. The van der Waals surface area contributed by atoms with Crippen LogP contribution in [0.15, 0.2) is 42.5 Å². The second-order valence-corrected chi connectivity index (χ2v) is 3.79. The van der Waals surface area contributed by atoms with E-state index in [1.54, 1.807) is 7.05 Å². The average molecular weight is 229 g/mol. The van der Waals surface area contributed by atoms with Crippen molar-refractivity contribution in [2.24, 2.45) is 5.73 Å². The summed E-state index contributed by atoms with van der Waals surface area (Å²) in [6.07, 6.45) is 0. The summed E-state index contributed by atoms with van der Waals surface area (Å²) in [5, 5.41) is 2.09. The second kappa shape index (κ2) is 4.95. The van der Waals surface area contributed by atoms with Gasteiger partial charge in [-0.3, -0.25) is 10.2 Å². The highest BCUT2D eigenvalue weighted by Gasteiger charge is 2.16. The molecule has 0 saturated heterocycles. The molecule has 1 atom stereocenters. The van der Waals surface area contributed by atoms with Gasteiger partial charge in [-0.25, -0.2) is 5.43 Å². The molecule has 2 rings (SSSR count). The number of benzene rings is 2. The van der Waals surface area contributed by atoms with Crippen LogP contribution < -0.4 is 16.6 Å². The molecule has 0 saturated carbocycles. The molecule has 0 heterocycles. The number of nitrogens with one attached hydrogen (secondary N) is 2. The molecule has 1 amide bonds. The molecule has 0 fully saturated rings. The first-order chi connectivity index (χ1) is 8.24. The third-order valence-electron chi connectivity index (χ3n) is 2.69. The molecule has 4 nitrogen and oxygen atoms in total. The van der Waals surface area contributed by atoms with Crippen molar-refractivity contribution in [1.82, 2.24) is 10.9 Å². The SMILES string of the molecule is CNNC(=O)C(N)c1cccc2ccccc12. The Morgan fingerprint density at radius 2 is 1.88 bits per heavy atom. The zero-order valence-corrected chi connectivity index (χ0v) is 9.60. The topological polar surface area (TPSA) is 67.1 Å². The van der Waals surface area contributed by atoms with Crippen LogP contribution in [0.4, 0.5) is 0 Å². The lowest BCUT2D eigenvalue weighted by Crippen LogP contribution is -2.40. The van der Waals surface area contributed by atoms with E-state index in [4.69, 9.17) is 5.73 Å². The molecule has 0 aliphatic rings. The highest BCUT2D eigenvalue weighted by molar-refractivity contribution is 5.92. The number of hydrogen-bond donors (Lipinski definition) is 3. The molecule has 0 bridgehead atoms. The van der Waals surface area contributed by atoms with Crippen LogP contribution in [0, 0.1) is 0 Å². The summed E-state index contributed by atoms with van der Waals surface area (Å²) in [5.74, 6) is -0.246. The predicted molar refractivity (Wildman–Crippen MR) is 68.1 cm³/mol. The summed E-state index contributed by atoms with van der Waals surface area (Å²) in [7, 11) is 1.63. The lowest BCUT2D eigenvalue weighted by Gasteiger charge is -2.14. The Labute approximate surface area is 99.8 Å². The van der Waals surface area contributed by atoms with E-state index in [2.05, 4.69) is 10.9 Å². The van der Waals surface area contributed by atoms with Gasteiger partial charge < -0.3 is 5.73 Å². The summed E-state index contributed by atoms with van der Waals surface area (Å²) in [5.41, 5.74) is 11.8. The number of rotatable bonds is 3. The molecule has 0 aliphatic heterocycles. The fraction of sp³-hybridized carbons (Fsp3) is 0.154. The summed E-state index contributed by atoms with van der Waals surface area (Å²) in [4.78, 5) is 11.7. The summed E-state index contributed by atoms with van der Waals surface area (Å²) >= 11 is 0. The van der Waals surface area contributed by atoms with E-state index in [9.17, 15) is 4.79 Å². The molecule has 0 aliphatic carbocycles. The van der Waals surface area contributed by atoms with Crippen molar-refractivity contribution in [2.45, 2.75) is 6.04 Å². The standard InChI is InChI=1S/C13H15N3O/c1-15-16-13(17)12(14)11-8-4-6-9-5-2-3-7-10(9)11/h2-8,12,15H,14H2,1H3,(H,16,17). The third kappa shape index (κ3) is 2.27. The van der Waals surface area contributed by atoms with Gasteiger partial charge in [0, 0.05) is 7.05 Å². The minimum Gasteiger partial charge on any atom is -0.316 e. The Morgan fingerprint density at radius 3 is 2.65 bits per heavy atom. The van der Waals surface area contributed by atoms with Crippen molar-refractivity contribution in [3.05, 3.63) is 48.0 Å². The summed E-state index contributed by atoms with van der Waals surface area (Å²) in [6.45, 7) is 0. The highest BCUT2D eigenvalue weighted by atomic mass is 16.2. The monoisotopic (exact) mass is 229 g/mol. The van der Waals surface area contributed by atoms with Crippen LogP contribution in [0.1, 0.15) is 11.6 Å². The molecule has 88 valence electrons. The van der Waals surface area contributed by atoms with Gasteiger partial charge in [0.15, 0.2) is 0 Å². The highest BCUT2D eigenvalue weighted by Crippen LogP contribution is 2.22. The summed E-state index contributed by atoms with van der Waals surface area (Å²) in [6, 6.07) is 13.0. The Morgan fingerprint density at radius 1 is 1.18 bits per heavy atom. The molecule has 0 radical (unpaired) electrons. The Balaban J connectivity index is 2.44. The minimum atomic E-state index is -0.673. The van der Waals surface area contributed by atoms with Crippen LogP contribution >= 0.6 is 0 Å². The minimum absolute atomic E-state index is 0.246. The Hall–Kier alpha value is -1.91. The normalized spacial score (nSPS) is 12.4. The molecule has 2 aromatic rings. The van der Waals surface area contributed by atoms with Crippen LogP contribution in [-0.2, 0) is 4.79 Å². The smallest absolute Gasteiger partial charge is 0.255 e.